The maximum atomic E-state index is 2.75. The molecule has 0 atom stereocenters. The van der Waals surface area contributed by atoms with Gasteiger partial charge in [-0.15, -0.1) is 12.1 Å². The zero-order chi connectivity index (χ0) is 11.4. The first-order valence-corrected chi connectivity index (χ1v) is 5.81. The summed E-state index contributed by atoms with van der Waals surface area (Å²) < 4.78 is 0. The van der Waals surface area contributed by atoms with Crippen molar-refractivity contribution in [3.63, 3.8) is 0 Å². The van der Waals surface area contributed by atoms with E-state index < -0.39 is 0 Å². The summed E-state index contributed by atoms with van der Waals surface area (Å²) in [5.74, 6) is 0. The van der Waals surface area contributed by atoms with Crippen molar-refractivity contribution in [1.82, 2.24) is 5.32 Å². The van der Waals surface area contributed by atoms with Gasteiger partial charge in [0.1, 0.15) is 0 Å². The molecule has 0 radical (unpaired) electrons. The van der Waals surface area contributed by atoms with Crippen molar-refractivity contribution in [2.24, 2.45) is 0 Å². The predicted molar refractivity (Wildman–Crippen MR) is 69.0 cm³/mol. The van der Waals surface area contributed by atoms with Crippen LogP contribution in [0.25, 0.3) is 0 Å². The second-order valence-electron chi connectivity index (χ2n) is 3.61. The van der Waals surface area contributed by atoms with Gasteiger partial charge < -0.3 is 5.32 Å². The zero-order valence-corrected chi connectivity index (χ0v) is 11.3. The van der Waals surface area contributed by atoms with E-state index in [2.05, 4.69) is 49.0 Å². The second-order valence-corrected chi connectivity index (χ2v) is 3.61. The summed E-state index contributed by atoms with van der Waals surface area (Å²) in [5, 5.41) is 2.75. The van der Waals surface area contributed by atoms with Gasteiger partial charge in [-0.05, 0) is 14.1 Å². The van der Waals surface area contributed by atoms with E-state index in [4.69, 9.17) is 0 Å². The largest absolute Gasteiger partial charge is 1.00 e. The van der Waals surface area contributed by atoms with Crippen molar-refractivity contribution >= 4 is 0 Å². The molecule has 0 aliphatic rings. The Hall–Kier alpha value is -0.353. The number of nitrogens with one attached hydrogen (secondary N) is 1. The molecule has 0 amide bonds. The van der Waals surface area contributed by atoms with Crippen LogP contribution in [0.3, 0.4) is 0 Å². The molecule has 0 aliphatic heterocycles. The Morgan fingerprint density at radius 1 is 1.06 bits per heavy atom. The molecule has 1 aromatic rings. The Morgan fingerprint density at radius 2 is 1.62 bits per heavy atom. The molecular formula is C14H24LiN. The molecule has 0 fully saturated rings. The zero-order valence-electron chi connectivity index (χ0n) is 11.3. The third kappa shape index (κ3) is 11.7. The minimum Gasteiger partial charge on any atom is -0.323 e. The molecule has 2 heteroatoms. The average molecular weight is 213 g/mol. The molecular weight excluding hydrogens is 189 g/mol. The van der Waals surface area contributed by atoms with E-state index in [1.165, 1.54) is 31.2 Å². The molecule has 0 saturated carbocycles. The molecule has 0 aliphatic carbocycles. The van der Waals surface area contributed by atoms with E-state index >= 15 is 0 Å². The number of unbranched alkanes of at least 4 members (excludes halogenated alkanes) is 3. The van der Waals surface area contributed by atoms with Crippen molar-refractivity contribution in [3.05, 3.63) is 42.3 Å². The summed E-state index contributed by atoms with van der Waals surface area (Å²) in [6, 6.07) is 10.6. The topological polar surface area (TPSA) is 12.0 Å². The standard InChI is InChI=1S/C12H17.C2H7N.Li/c1-2-3-4-6-9-12-10-7-5-8-11-12;1-3-2;/h5,7-11H,2-4,6H2,1H3;3H,1-2H3;/q-1;;+1. The van der Waals surface area contributed by atoms with Crippen LogP contribution in [0.5, 0.6) is 0 Å². The molecule has 0 unspecified atom stereocenters. The quantitative estimate of drug-likeness (QED) is 0.430. The summed E-state index contributed by atoms with van der Waals surface area (Å²) >= 11 is 0. The minimum atomic E-state index is 0. The third-order valence-electron chi connectivity index (χ3n) is 1.99. The fourth-order valence-electron chi connectivity index (χ4n) is 1.25. The maximum absolute atomic E-state index is 2.75. The number of hydrogen-bond donors (Lipinski definition) is 1. The molecule has 0 aromatic heterocycles. The normalized spacial score (nSPS) is 8.44. The SMILES string of the molecule is CCCCC[CH-]c1ccccc1.CNC.[Li+]. The third-order valence-corrected chi connectivity index (χ3v) is 1.99. The van der Waals surface area contributed by atoms with Gasteiger partial charge >= 0.3 is 18.9 Å². The Balaban J connectivity index is 0. The summed E-state index contributed by atoms with van der Waals surface area (Å²) in [4.78, 5) is 0. The smallest absolute Gasteiger partial charge is 0.323 e. The van der Waals surface area contributed by atoms with Crippen molar-refractivity contribution in [1.29, 1.82) is 0 Å². The van der Waals surface area contributed by atoms with Crippen molar-refractivity contribution in [2.45, 2.75) is 32.6 Å². The van der Waals surface area contributed by atoms with Gasteiger partial charge in [-0.25, -0.2) is 0 Å². The molecule has 86 valence electrons. The maximum Gasteiger partial charge on any atom is 1.00 e. The van der Waals surface area contributed by atoms with Crippen LogP contribution in [0.4, 0.5) is 0 Å². The van der Waals surface area contributed by atoms with Crippen LogP contribution < -0.4 is 24.2 Å². The van der Waals surface area contributed by atoms with E-state index in [9.17, 15) is 0 Å². The molecule has 1 N–H and O–H groups in total. The Bertz CT molecular complexity index is 211. The van der Waals surface area contributed by atoms with Crippen LogP contribution in [-0.4, -0.2) is 14.1 Å². The first kappa shape index (κ1) is 18.0. The first-order chi connectivity index (χ1) is 7.35. The van der Waals surface area contributed by atoms with Gasteiger partial charge in [0.05, 0.1) is 0 Å². The van der Waals surface area contributed by atoms with Crippen LogP contribution >= 0.6 is 0 Å². The fraction of sp³-hybridized carbons (Fsp3) is 0.500. The average Bonchev–Trinajstić information content (AvgIpc) is 2.27. The van der Waals surface area contributed by atoms with Gasteiger partial charge in [0, 0.05) is 0 Å². The number of rotatable bonds is 5. The van der Waals surface area contributed by atoms with Gasteiger partial charge in [-0.1, -0.05) is 38.7 Å². The van der Waals surface area contributed by atoms with Gasteiger partial charge in [-0.2, -0.15) is 24.1 Å². The van der Waals surface area contributed by atoms with Crippen LogP contribution in [0.2, 0.25) is 0 Å². The molecule has 0 bridgehead atoms. The number of benzene rings is 1. The van der Waals surface area contributed by atoms with E-state index in [-0.39, 0.29) is 18.9 Å². The van der Waals surface area contributed by atoms with Crippen LogP contribution in [0, 0.1) is 6.42 Å². The predicted octanol–water partition coefficient (Wildman–Crippen LogP) is 0.659. The Morgan fingerprint density at radius 3 is 2.12 bits per heavy atom. The van der Waals surface area contributed by atoms with Crippen LogP contribution in [0.15, 0.2) is 30.3 Å². The second kappa shape index (κ2) is 14.6. The van der Waals surface area contributed by atoms with Gasteiger partial charge in [0.2, 0.25) is 0 Å². The molecule has 1 nitrogen and oxygen atoms in total. The first-order valence-electron chi connectivity index (χ1n) is 5.81. The van der Waals surface area contributed by atoms with Crippen LogP contribution in [-0.2, 0) is 0 Å². The molecule has 1 aromatic carbocycles. The van der Waals surface area contributed by atoms with E-state index in [0.29, 0.717) is 0 Å². The minimum absolute atomic E-state index is 0. The van der Waals surface area contributed by atoms with E-state index in [1.54, 1.807) is 0 Å². The van der Waals surface area contributed by atoms with Gasteiger partial charge in [0.15, 0.2) is 0 Å². The summed E-state index contributed by atoms with van der Waals surface area (Å²) in [6.45, 7) is 2.24. The number of hydrogen-bond acceptors (Lipinski definition) is 1. The fourth-order valence-corrected chi connectivity index (χ4v) is 1.25. The molecule has 0 spiro atoms. The van der Waals surface area contributed by atoms with Gasteiger partial charge in [0.25, 0.3) is 0 Å². The molecule has 0 heterocycles. The van der Waals surface area contributed by atoms with Gasteiger partial charge in [-0.3, -0.25) is 0 Å². The summed E-state index contributed by atoms with van der Waals surface area (Å²) in [7, 11) is 3.75. The van der Waals surface area contributed by atoms with E-state index in [1.807, 2.05) is 14.1 Å². The van der Waals surface area contributed by atoms with E-state index in [0.717, 1.165) is 0 Å². The molecule has 0 saturated heterocycles. The monoisotopic (exact) mass is 213 g/mol. The Labute approximate surface area is 113 Å². The van der Waals surface area contributed by atoms with Crippen molar-refractivity contribution in [2.75, 3.05) is 14.1 Å². The molecule has 16 heavy (non-hydrogen) atoms. The molecule has 1 rings (SSSR count). The summed E-state index contributed by atoms with van der Waals surface area (Å²) in [5.41, 5.74) is 1.36. The van der Waals surface area contributed by atoms with Crippen LogP contribution in [0.1, 0.15) is 38.2 Å². The van der Waals surface area contributed by atoms with Crippen molar-refractivity contribution in [3.8, 4) is 0 Å². The van der Waals surface area contributed by atoms with Crippen molar-refractivity contribution < 1.29 is 18.9 Å². The summed E-state index contributed by atoms with van der Waals surface area (Å²) in [6.07, 6.45) is 7.52. The Kier molecular flexibility index (Phi) is 16.5.